The average molecular weight is 483 g/mol. The van der Waals surface area contributed by atoms with E-state index in [1.807, 2.05) is 6.92 Å². The van der Waals surface area contributed by atoms with Crippen molar-refractivity contribution < 1.29 is 17.9 Å². The van der Waals surface area contributed by atoms with Crippen LogP contribution in [0.4, 0.5) is 24.8 Å². The van der Waals surface area contributed by atoms with E-state index in [4.69, 9.17) is 27.8 Å². The van der Waals surface area contributed by atoms with Gasteiger partial charge in [0.15, 0.2) is 11.3 Å². The number of piperidine rings is 1. The third-order valence-electron chi connectivity index (χ3n) is 6.65. The number of halogens is 4. The molecule has 5 rings (SSSR count). The molecule has 3 aromatic heterocycles. The van der Waals surface area contributed by atoms with Crippen LogP contribution in [0.2, 0.25) is 5.02 Å². The second kappa shape index (κ2) is 7.67. The Morgan fingerprint density at radius 1 is 1.21 bits per heavy atom. The van der Waals surface area contributed by atoms with E-state index in [0.717, 1.165) is 25.9 Å². The second-order valence-corrected chi connectivity index (χ2v) is 8.99. The van der Waals surface area contributed by atoms with E-state index < -0.39 is 16.9 Å². The number of alkyl halides is 3. The molecule has 0 amide bonds. The molecule has 2 atom stereocenters. The largest absolute Gasteiger partial charge is 0.435 e. The molecule has 176 valence electrons. The molecule has 0 aliphatic carbocycles. The summed E-state index contributed by atoms with van der Waals surface area (Å²) in [6.07, 6.45) is 0.0484. The lowest BCUT2D eigenvalue weighted by Crippen LogP contribution is -2.50. The lowest BCUT2D eigenvalue weighted by molar-refractivity contribution is -0.141. The van der Waals surface area contributed by atoms with E-state index in [1.165, 1.54) is 16.9 Å². The normalized spacial score (nSPS) is 23.0. The van der Waals surface area contributed by atoms with E-state index >= 15 is 0 Å². The zero-order chi connectivity index (χ0) is 23.5. The molecule has 0 bridgehead atoms. The van der Waals surface area contributed by atoms with E-state index in [9.17, 15) is 13.2 Å². The molecule has 4 N–H and O–H groups in total. The summed E-state index contributed by atoms with van der Waals surface area (Å²) in [7, 11) is 0. The van der Waals surface area contributed by atoms with Crippen molar-refractivity contribution in [2.24, 2.45) is 11.1 Å². The molecule has 0 unspecified atom stereocenters. The fourth-order valence-electron chi connectivity index (χ4n) is 4.66. The van der Waals surface area contributed by atoms with E-state index in [-0.39, 0.29) is 34.7 Å². The fourth-order valence-corrected chi connectivity index (χ4v) is 4.95. The molecular weight excluding hydrogens is 461 g/mol. The van der Waals surface area contributed by atoms with Crippen molar-refractivity contribution >= 4 is 34.4 Å². The minimum absolute atomic E-state index is 0.00517. The molecule has 2 aliphatic heterocycles. The molecule has 33 heavy (non-hydrogen) atoms. The van der Waals surface area contributed by atoms with Gasteiger partial charge in [-0.2, -0.15) is 18.3 Å². The lowest BCUT2D eigenvalue weighted by atomic mass is 9.73. The number of pyridine rings is 1. The summed E-state index contributed by atoms with van der Waals surface area (Å²) < 4.78 is 46.8. The molecule has 1 spiro atoms. The quantitative estimate of drug-likeness (QED) is 0.572. The summed E-state index contributed by atoms with van der Waals surface area (Å²) in [5.74, 6) is 0.328. The van der Waals surface area contributed by atoms with Gasteiger partial charge in [0.05, 0.1) is 35.8 Å². The Labute approximate surface area is 191 Å². The summed E-state index contributed by atoms with van der Waals surface area (Å²) in [6.45, 7) is 4.17. The number of fused-ring (bicyclic) bond motifs is 1. The van der Waals surface area contributed by atoms with E-state index in [1.54, 1.807) is 6.20 Å². The van der Waals surface area contributed by atoms with Gasteiger partial charge in [0.2, 0.25) is 0 Å². The highest BCUT2D eigenvalue weighted by Gasteiger charge is 2.47. The first-order chi connectivity index (χ1) is 15.6. The molecular formula is C20H22ClF3N8O. The molecule has 13 heteroatoms. The third-order valence-corrected chi connectivity index (χ3v) is 7.02. The minimum atomic E-state index is -4.76. The first-order valence-electron chi connectivity index (χ1n) is 10.5. The van der Waals surface area contributed by atoms with Gasteiger partial charge < -0.3 is 21.1 Å². The Hall–Kier alpha value is -2.70. The molecule has 5 heterocycles. The third kappa shape index (κ3) is 3.65. The van der Waals surface area contributed by atoms with Gasteiger partial charge in [0, 0.05) is 30.6 Å². The Bertz CT molecular complexity index is 1210. The number of hydrogen-bond donors (Lipinski definition) is 2. The topological polar surface area (TPSA) is 121 Å². The number of nitrogen functional groups attached to an aromatic ring is 1. The Morgan fingerprint density at radius 2 is 1.94 bits per heavy atom. The van der Waals surface area contributed by atoms with Crippen LogP contribution < -0.4 is 16.4 Å². The number of aromatic nitrogens is 5. The number of ether oxygens (including phenoxy) is 1. The molecule has 3 aromatic rings. The maximum Gasteiger partial charge on any atom is 0.435 e. The van der Waals surface area contributed by atoms with Gasteiger partial charge in [-0.25, -0.2) is 19.6 Å². The number of nitrogens with two attached hydrogens (primary N) is 2. The van der Waals surface area contributed by atoms with Crippen molar-refractivity contribution in [3.8, 4) is 5.69 Å². The van der Waals surface area contributed by atoms with Crippen LogP contribution in [0, 0.1) is 5.41 Å². The van der Waals surface area contributed by atoms with E-state index in [0.29, 0.717) is 17.9 Å². The highest BCUT2D eigenvalue weighted by molar-refractivity contribution is 6.33. The SMILES string of the molecule is C[C@@H]1OCC2(CCN(c3cnc4c(cnn4-c4cc(N)nc(C(F)(F)F)c4Cl)n3)CC2)[C@@H]1N. The number of anilines is 2. The Morgan fingerprint density at radius 3 is 2.58 bits per heavy atom. The monoisotopic (exact) mass is 482 g/mol. The number of rotatable bonds is 2. The Balaban J connectivity index is 1.44. The van der Waals surface area contributed by atoms with Gasteiger partial charge in [-0.1, -0.05) is 11.6 Å². The van der Waals surface area contributed by atoms with Crippen LogP contribution in [0.15, 0.2) is 18.5 Å². The van der Waals surface area contributed by atoms with E-state index in [2.05, 4.69) is 25.0 Å². The van der Waals surface area contributed by atoms with Gasteiger partial charge >= 0.3 is 6.18 Å². The van der Waals surface area contributed by atoms with Crippen molar-refractivity contribution in [3.63, 3.8) is 0 Å². The maximum atomic E-state index is 13.3. The van der Waals surface area contributed by atoms with Gasteiger partial charge in [-0.05, 0) is 19.8 Å². The molecule has 0 aromatic carbocycles. The van der Waals surface area contributed by atoms with Crippen LogP contribution in [0.25, 0.3) is 16.9 Å². The molecule has 2 fully saturated rings. The average Bonchev–Trinajstić information content (AvgIpc) is 3.31. The smallest absolute Gasteiger partial charge is 0.384 e. The number of hydrogen-bond acceptors (Lipinski definition) is 8. The van der Waals surface area contributed by atoms with Gasteiger partial charge in [0.1, 0.15) is 17.2 Å². The summed E-state index contributed by atoms with van der Waals surface area (Å²) >= 11 is 6.02. The van der Waals surface area contributed by atoms with Crippen LogP contribution in [0.1, 0.15) is 25.5 Å². The fraction of sp³-hybridized carbons (Fsp3) is 0.500. The lowest BCUT2D eigenvalue weighted by Gasteiger charge is -2.41. The van der Waals surface area contributed by atoms with Crippen molar-refractivity contribution in [3.05, 3.63) is 29.2 Å². The first-order valence-corrected chi connectivity index (χ1v) is 10.8. The van der Waals surface area contributed by atoms with Crippen LogP contribution in [0.3, 0.4) is 0 Å². The van der Waals surface area contributed by atoms with Gasteiger partial charge in [-0.3, -0.25) is 0 Å². The summed E-state index contributed by atoms with van der Waals surface area (Å²) in [5.41, 5.74) is 11.3. The second-order valence-electron chi connectivity index (χ2n) is 8.61. The molecule has 9 nitrogen and oxygen atoms in total. The maximum absolute atomic E-state index is 13.3. The highest BCUT2D eigenvalue weighted by Crippen LogP contribution is 2.42. The predicted molar refractivity (Wildman–Crippen MR) is 116 cm³/mol. The van der Waals surface area contributed by atoms with Crippen LogP contribution in [-0.4, -0.2) is 56.6 Å². The summed E-state index contributed by atoms with van der Waals surface area (Å²) in [6, 6.07) is 1.23. The zero-order valence-electron chi connectivity index (χ0n) is 17.7. The van der Waals surface area contributed by atoms with Crippen molar-refractivity contribution in [2.45, 2.75) is 38.1 Å². The van der Waals surface area contributed by atoms with Crippen molar-refractivity contribution in [2.75, 3.05) is 30.3 Å². The minimum Gasteiger partial charge on any atom is -0.384 e. The Kier molecular flexibility index (Phi) is 5.14. The summed E-state index contributed by atoms with van der Waals surface area (Å²) in [5, 5.41) is 3.55. The molecule has 0 saturated carbocycles. The first kappa shape index (κ1) is 22.1. The molecule has 2 saturated heterocycles. The standard InChI is InChI=1S/C20H22ClF3N8O/c1-10-16(26)19(9-33-10)2-4-31(5-3-19)14-8-27-18-11(29-14)7-28-32(18)12-6-13(25)30-17(15(12)21)20(22,23)24/h6-8,10,16H,2-5,9,26H2,1H3,(H2,25,30)/t10-,16+/m0/s1. The molecule has 0 radical (unpaired) electrons. The van der Waals surface area contributed by atoms with Crippen molar-refractivity contribution in [1.82, 2.24) is 24.7 Å². The predicted octanol–water partition coefficient (Wildman–Crippen LogP) is 2.80. The number of nitrogens with zero attached hydrogens (tertiary/aromatic N) is 6. The van der Waals surface area contributed by atoms with Crippen LogP contribution >= 0.6 is 11.6 Å². The molecule has 2 aliphatic rings. The summed E-state index contributed by atoms with van der Waals surface area (Å²) in [4.78, 5) is 14.5. The zero-order valence-corrected chi connectivity index (χ0v) is 18.4. The van der Waals surface area contributed by atoms with Gasteiger partial charge in [-0.15, -0.1) is 0 Å². The van der Waals surface area contributed by atoms with Crippen LogP contribution in [0.5, 0.6) is 0 Å². The van der Waals surface area contributed by atoms with Crippen molar-refractivity contribution in [1.29, 1.82) is 0 Å². The van der Waals surface area contributed by atoms with Gasteiger partial charge in [0.25, 0.3) is 0 Å². The van der Waals surface area contributed by atoms with Crippen LogP contribution in [-0.2, 0) is 10.9 Å². The highest BCUT2D eigenvalue weighted by atomic mass is 35.5.